The number of methoxy groups -OCH3 is 1. The fourth-order valence-electron chi connectivity index (χ4n) is 6.34. The molecule has 22 heteroatoms. The number of ether oxygens (including phenoxy) is 1. The van der Waals surface area contributed by atoms with E-state index in [1.54, 1.807) is 61.5 Å². The Balaban J connectivity index is 1.15. The second-order valence-corrected chi connectivity index (χ2v) is 17.9. The number of aliphatic hydroxyl groups excluding tert-OH is 1. The molecule has 6 aromatic rings. The molecule has 0 bridgehead atoms. The second kappa shape index (κ2) is 16.8. The molecule has 0 saturated heterocycles. The minimum absolute atomic E-state index is 0.0284. The molecular weight excluding hydrogens is 881 g/mol. The maximum atomic E-state index is 13.7. The van der Waals surface area contributed by atoms with Gasteiger partial charge in [-0.2, -0.15) is 35.5 Å². The number of aliphatic hydroxyl groups is 1. The van der Waals surface area contributed by atoms with Crippen LogP contribution in [0.15, 0.2) is 144 Å². The van der Waals surface area contributed by atoms with Crippen LogP contribution in [0.1, 0.15) is 27.0 Å². The van der Waals surface area contributed by atoms with Gasteiger partial charge in [0.25, 0.3) is 30.4 Å². The first-order chi connectivity index (χ1) is 29.7. The average Bonchev–Trinajstić information content (AvgIpc) is 3.22. The highest BCUT2D eigenvalue weighted by Crippen LogP contribution is 2.40. The fourth-order valence-corrected chi connectivity index (χ4v) is 8.07. The van der Waals surface area contributed by atoms with Crippen molar-refractivity contribution in [3.63, 3.8) is 0 Å². The number of ketones is 1. The molecule has 0 radical (unpaired) electrons. The number of carbonyl (C=O) groups excluding carboxylic acids is 1. The number of Topliss-reactive ketones (excluding diaryl/α,β-unsaturated/α-hetero) is 1. The van der Waals surface area contributed by atoms with Crippen molar-refractivity contribution in [1.82, 2.24) is 0 Å². The van der Waals surface area contributed by atoms with E-state index in [0.717, 1.165) is 24.3 Å². The lowest BCUT2D eigenvalue weighted by molar-refractivity contribution is 0.106. The molecule has 0 spiro atoms. The lowest BCUT2D eigenvalue weighted by atomic mass is 9.94. The molecule has 0 unspecified atom stereocenters. The Labute approximate surface area is 358 Å². The first-order valence-electron chi connectivity index (χ1n) is 18.0. The van der Waals surface area contributed by atoms with Crippen LogP contribution in [0.3, 0.4) is 0 Å². The number of azo groups is 1. The van der Waals surface area contributed by atoms with Crippen LogP contribution in [0.2, 0.25) is 0 Å². The summed E-state index contributed by atoms with van der Waals surface area (Å²) in [6, 6.07) is 26.2. The third-order valence-electron chi connectivity index (χ3n) is 9.35. The Morgan fingerprint density at radius 2 is 1.35 bits per heavy atom. The van der Waals surface area contributed by atoms with Gasteiger partial charge in [0.2, 0.25) is 11.7 Å². The number of carbonyl (C=O) groups is 1. The summed E-state index contributed by atoms with van der Waals surface area (Å²) in [4.78, 5) is 15.7. The van der Waals surface area contributed by atoms with E-state index in [2.05, 4.69) is 31.1 Å². The van der Waals surface area contributed by atoms with Gasteiger partial charge in [-0.1, -0.05) is 18.2 Å². The molecule has 6 aromatic carbocycles. The van der Waals surface area contributed by atoms with Crippen LogP contribution < -0.4 is 15.5 Å². The van der Waals surface area contributed by atoms with E-state index >= 15 is 0 Å². The van der Waals surface area contributed by atoms with Crippen molar-refractivity contribution in [1.29, 1.82) is 0 Å². The lowest BCUT2D eigenvalue weighted by Gasteiger charge is -2.18. The standard InChI is InChI=1S/C41H32N6O13S3/c1-22-14-33(36(60-2)21-32(22)44-46-34-19-29(61(51,52)53)16-25-17-30(62(54,55)56)20-35(48)38(25)34)45-47-39-37(63(57,58)59)18-24-15-28(12-13-31(24)40(39)49)42-26-8-10-27(11-9-26)43-41(50)23-6-4-3-5-7-23/h3-21,42,45,48H,1-2H3,(H,43,50)(H,51,52,53)(H,54,55,56)(H,57,58,59)/b46-44?,47-39+. The molecule has 63 heavy (non-hydrogen) atoms. The van der Waals surface area contributed by atoms with Gasteiger partial charge in [0.15, 0.2) is 5.71 Å². The van der Waals surface area contributed by atoms with Crippen molar-refractivity contribution in [3.05, 3.63) is 136 Å². The van der Waals surface area contributed by atoms with E-state index in [4.69, 9.17) is 4.74 Å². The Kier molecular flexibility index (Phi) is 11.7. The maximum Gasteiger partial charge on any atom is 0.296 e. The molecule has 1 aliphatic carbocycles. The number of rotatable bonds is 12. The molecule has 1 aliphatic rings. The smallest absolute Gasteiger partial charge is 0.296 e. The minimum Gasteiger partial charge on any atom is -0.507 e. The number of anilines is 3. The van der Waals surface area contributed by atoms with Crippen LogP contribution in [0.25, 0.3) is 16.8 Å². The van der Waals surface area contributed by atoms with Crippen molar-refractivity contribution in [2.24, 2.45) is 20.3 Å². The molecule has 0 atom stereocenters. The molecule has 0 aromatic heterocycles. The van der Waals surface area contributed by atoms with E-state index in [-0.39, 0.29) is 50.6 Å². The number of nitrogens with zero attached hydrogens (tertiary/aromatic N) is 4. The zero-order valence-electron chi connectivity index (χ0n) is 32.5. The number of hydrazone groups is 1. The minimum atomic E-state index is -5.02. The zero-order valence-corrected chi connectivity index (χ0v) is 34.9. The van der Waals surface area contributed by atoms with Crippen LogP contribution in [0.4, 0.5) is 34.1 Å². The van der Waals surface area contributed by atoms with Gasteiger partial charge in [0, 0.05) is 34.6 Å². The largest absolute Gasteiger partial charge is 0.507 e. The van der Waals surface area contributed by atoms with Gasteiger partial charge in [-0.05, 0) is 108 Å². The number of phenolic OH excluding ortho intramolecular Hbond substituents is 1. The molecule has 0 amide bonds. The van der Waals surface area contributed by atoms with E-state index in [0.29, 0.717) is 34.3 Å². The second-order valence-electron chi connectivity index (χ2n) is 13.6. The van der Waals surface area contributed by atoms with E-state index < -0.39 is 62.3 Å². The number of nitrogens with one attached hydrogen (secondary N) is 2. The number of aromatic hydroxyl groups is 1. The van der Waals surface area contributed by atoms with Gasteiger partial charge in [-0.15, -0.1) is 5.11 Å². The maximum absolute atomic E-state index is 13.7. The summed E-state index contributed by atoms with van der Waals surface area (Å²) in [6.07, 6.45) is 1.09. The quantitative estimate of drug-likeness (QED) is 0.0201. The van der Waals surface area contributed by atoms with Crippen LogP contribution >= 0.6 is 0 Å². The lowest BCUT2D eigenvalue weighted by Crippen LogP contribution is -2.27. The SMILES string of the molecule is COc1cc(N=Nc2cc(S(=O)(=O)O)cc3cc(S(=O)(=O)O)cc(O)c23)c(C)cc1N/N=C1/C(=O)c2ccc(Nc3ccc(N=C(O)c4ccccc4)cc3)cc2C=C1S(=O)(=O)O. The van der Waals surface area contributed by atoms with Crippen molar-refractivity contribution < 1.29 is 58.7 Å². The molecule has 19 nitrogen and oxygen atoms in total. The molecule has 0 heterocycles. The van der Waals surface area contributed by atoms with Gasteiger partial charge in [-0.25, -0.2) is 4.99 Å². The van der Waals surface area contributed by atoms with Crippen LogP contribution in [-0.2, 0) is 30.4 Å². The molecule has 0 saturated carbocycles. The first kappa shape index (κ1) is 43.7. The number of hydrogen-bond acceptors (Lipinski definition) is 15. The third kappa shape index (κ3) is 9.60. The molecule has 7 N–H and O–H groups in total. The summed E-state index contributed by atoms with van der Waals surface area (Å²) >= 11 is 0. The van der Waals surface area contributed by atoms with Gasteiger partial charge >= 0.3 is 0 Å². The Bertz CT molecular complexity index is 3330. The zero-order chi connectivity index (χ0) is 45.4. The Hall–Kier alpha value is -7.34. The fraction of sp³-hybridized carbons (Fsp3) is 0.0488. The van der Waals surface area contributed by atoms with Crippen LogP contribution in [0.5, 0.6) is 11.5 Å². The summed E-state index contributed by atoms with van der Waals surface area (Å²) in [5.74, 6) is -1.68. The molecule has 7 rings (SSSR count). The summed E-state index contributed by atoms with van der Waals surface area (Å²) in [6.45, 7) is 1.56. The summed E-state index contributed by atoms with van der Waals surface area (Å²) in [7, 11) is -13.5. The van der Waals surface area contributed by atoms with Crippen molar-refractivity contribution >= 4 is 98.7 Å². The normalized spacial score (nSPS) is 14.2. The van der Waals surface area contributed by atoms with Crippen LogP contribution in [-0.4, -0.2) is 73.6 Å². The molecule has 0 fully saturated rings. The number of fused-ring (bicyclic) bond motifs is 2. The summed E-state index contributed by atoms with van der Waals surface area (Å²) < 4.78 is 108. The first-order valence-corrected chi connectivity index (χ1v) is 22.3. The highest BCUT2D eigenvalue weighted by Gasteiger charge is 2.33. The molecule has 322 valence electrons. The van der Waals surface area contributed by atoms with Gasteiger partial charge in [0.1, 0.15) is 16.4 Å². The van der Waals surface area contributed by atoms with Gasteiger partial charge in [-0.3, -0.25) is 23.9 Å². The van der Waals surface area contributed by atoms with E-state index in [1.165, 1.54) is 31.4 Å². The van der Waals surface area contributed by atoms with Crippen molar-refractivity contribution in [3.8, 4) is 11.5 Å². The van der Waals surface area contributed by atoms with E-state index in [9.17, 15) is 53.9 Å². The summed E-state index contributed by atoms with van der Waals surface area (Å²) in [5.41, 5.74) is 4.51. The Morgan fingerprint density at radius 1 is 0.714 bits per heavy atom. The number of hydrogen-bond donors (Lipinski definition) is 7. The highest BCUT2D eigenvalue weighted by molar-refractivity contribution is 7.91. The van der Waals surface area contributed by atoms with Gasteiger partial charge < -0.3 is 20.3 Å². The van der Waals surface area contributed by atoms with Gasteiger partial charge in [0.05, 0.1) is 45.0 Å². The number of phenols is 1. The number of aryl methyl sites for hydroxylation is 1. The molecular formula is C41H32N6O13S3. The number of allylic oxidation sites excluding steroid dienone is 1. The predicted octanol–water partition coefficient (Wildman–Crippen LogP) is 8.04. The van der Waals surface area contributed by atoms with Crippen molar-refractivity contribution in [2.45, 2.75) is 16.7 Å². The topological polar surface area (TPSA) is 303 Å². The van der Waals surface area contributed by atoms with Crippen LogP contribution in [0, 0.1) is 6.92 Å². The van der Waals surface area contributed by atoms with E-state index in [1.807, 2.05) is 6.07 Å². The number of aliphatic imine (C=N–C) groups is 1. The average molecular weight is 913 g/mol. The summed E-state index contributed by atoms with van der Waals surface area (Å²) in [5, 5.41) is 36.0. The predicted molar refractivity (Wildman–Crippen MR) is 233 cm³/mol. The Morgan fingerprint density at radius 3 is 1.98 bits per heavy atom. The molecule has 0 aliphatic heterocycles. The van der Waals surface area contributed by atoms with Crippen molar-refractivity contribution in [2.75, 3.05) is 17.9 Å². The third-order valence-corrected chi connectivity index (χ3v) is 11.9. The highest BCUT2D eigenvalue weighted by atomic mass is 32.2. The monoisotopic (exact) mass is 912 g/mol. The number of benzene rings is 6.